The molecule has 0 heterocycles. The topological polar surface area (TPSA) is 106 Å². The molecule has 17 heavy (non-hydrogen) atoms. The van der Waals surface area contributed by atoms with Gasteiger partial charge in [0.2, 0.25) is 0 Å². The number of hydrogen-bond acceptors (Lipinski definition) is 5. The van der Waals surface area contributed by atoms with Crippen molar-refractivity contribution in [1.82, 2.24) is 5.32 Å². The van der Waals surface area contributed by atoms with Crippen molar-refractivity contribution in [2.45, 2.75) is 13.0 Å². The van der Waals surface area contributed by atoms with Gasteiger partial charge in [-0.3, -0.25) is 0 Å². The lowest BCUT2D eigenvalue weighted by Crippen LogP contribution is -2.99. The Morgan fingerprint density at radius 3 is 2.71 bits per heavy atom. The molecule has 0 spiro atoms. The molecule has 0 saturated carbocycles. The normalized spacial score (nSPS) is 13.9. The van der Waals surface area contributed by atoms with Crippen LogP contribution in [-0.2, 0) is 0 Å². The summed E-state index contributed by atoms with van der Waals surface area (Å²) in [6.45, 7) is 3.07. The summed E-state index contributed by atoms with van der Waals surface area (Å²) in [7, 11) is 0. The molecule has 7 heteroatoms. The Labute approximate surface area is 106 Å². The fourth-order valence-electron chi connectivity index (χ4n) is 1.37. The number of hydrogen-bond donors (Lipinski definition) is 5. The van der Waals surface area contributed by atoms with Crippen molar-refractivity contribution < 1.29 is 15.5 Å². The Balaban J connectivity index is 0.00000256. The van der Waals surface area contributed by atoms with Crippen molar-refractivity contribution in [2.75, 3.05) is 18.8 Å². The Morgan fingerprint density at radius 2 is 2.18 bits per heavy atom. The molecule has 1 aromatic rings. The second kappa shape index (κ2) is 7.44. The molecular formula is C10H18ClN3O3. The number of anilines is 1. The van der Waals surface area contributed by atoms with Gasteiger partial charge in [-0.05, 0) is 18.2 Å². The zero-order chi connectivity index (χ0) is 12.1. The van der Waals surface area contributed by atoms with E-state index in [4.69, 9.17) is 10.9 Å². The highest BCUT2D eigenvalue weighted by Crippen LogP contribution is 2.20. The van der Waals surface area contributed by atoms with Crippen LogP contribution in [0.5, 0.6) is 0 Å². The molecular weight excluding hydrogens is 246 g/mol. The molecule has 0 aromatic heterocycles. The second-order valence-electron chi connectivity index (χ2n) is 3.48. The van der Waals surface area contributed by atoms with Crippen molar-refractivity contribution in [3.05, 3.63) is 29.0 Å². The molecule has 1 rings (SSSR count). The van der Waals surface area contributed by atoms with Gasteiger partial charge in [-0.1, -0.05) is 13.0 Å². The van der Waals surface area contributed by atoms with E-state index in [0.717, 1.165) is 6.54 Å². The maximum Gasteiger partial charge on any atom is 0.187 e. The molecule has 0 fully saturated rings. The standard InChI is InChI=1S/C10H17N3O3.ClH/c1-2-12-6-10(14)7-3-4-8(11)9(5-7)13(15)16;/h3-5,10,12-15H,2,6,11H2,1H3;1H. The largest absolute Gasteiger partial charge is 0.595 e. The van der Waals surface area contributed by atoms with Gasteiger partial charge < -0.3 is 21.4 Å². The van der Waals surface area contributed by atoms with Crippen molar-refractivity contribution in [3.63, 3.8) is 0 Å². The monoisotopic (exact) mass is 263 g/mol. The van der Waals surface area contributed by atoms with Gasteiger partial charge in [0, 0.05) is 12.6 Å². The minimum atomic E-state index is -1.09. The lowest BCUT2D eigenvalue weighted by atomic mass is 10.1. The second-order valence-corrected chi connectivity index (χ2v) is 3.48. The van der Waals surface area contributed by atoms with Crippen LogP contribution >= 0.6 is 12.4 Å². The number of rotatable bonds is 5. The van der Waals surface area contributed by atoms with Crippen LogP contribution in [0.1, 0.15) is 18.6 Å². The summed E-state index contributed by atoms with van der Waals surface area (Å²) in [6.07, 6.45) is -0.723. The van der Waals surface area contributed by atoms with E-state index in [2.05, 4.69) is 5.32 Å². The third-order valence-electron chi connectivity index (χ3n) is 2.28. The highest BCUT2D eigenvalue weighted by molar-refractivity contribution is 5.85. The molecule has 2 unspecified atom stereocenters. The van der Waals surface area contributed by atoms with Crippen LogP contribution in [0, 0.1) is 5.21 Å². The van der Waals surface area contributed by atoms with Crippen molar-refractivity contribution in [1.29, 1.82) is 0 Å². The Bertz CT molecular complexity index is 350. The summed E-state index contributed by atoms with van der Waals surface area (Å²) < 4.78 is 0. The summed E-state index contributed by atoms with van der Waals surface area (Å²) in [5.41, 5.74) is 6.28. The van der Waals surface area contributed by atoms with Gasteiger partial charge in [0.05, 0.1) is 11.8 Å². The average Bonchev–Trinajstić information content (AvgIpc) is 2.26. The van der Waals surface area contributed by atoms with Crippen molar-refractivity contribution >= 4 is 23.8 Å². The molecule has 0 radical (unpaired) electrons. The highest BCUT2D eigenvalue weighted by atomic mass is 35.5. The third-order valence-corrected chi connectivity index (χ3v) is 2.28. The van der Waals surface area contributed by atoms with E-state index in [1.54, 1.807) is 6.07 Å². The summed E-state index contributed by atoms with van der Waals surface area (Å²) in [5, 5.41) is 31.3. The van der Waals surface area contributed by atoms with E-state index in [9.17, 15) is 10.3 Å². The molecule has 0 bridgehead atoms. The SMILES string of the molecule is CCNCC(O)c1ccc(N)c([NH+]([O-])O)c1.Cl. The molecule has 6 N–H and O–H groups in total. The summed E-state index contributed by atoms with van der Waals surface area (Å²) in [6, 6.07) is 4.53. The van der Waals surface area contributed by atoms with Crippen LogP contribution in [0.15, 0.2) is 18.2 Å². The predicted octanol–water partition coefficient (Wildman–Crippen LogP) is -0.263. The summed E-state index contributed by atoms with van der Waals surface area (Å²) >= 11 is 0. The number of nitrogen functional groups attached to an aromatic ring is 1. The molecule has 0 saturated heterocycles. The average molecular weight is 264 g/mol. The van der Waals surface area contributed by atoms with Gasteiger partial charge in [0.15, 0.2) is 5.69 Å². The Kier molecular flexibility index (Phi) is 7.05. The number of halogens is 1. The molecule has 6 nitrogen and oxygen atoms in total. The van der Waals surface area contributed by atoms with E-state index in [-0.39, 0.29) is 23.8 Å². The highest BCUT2D eigenvalue weighted by Gasteiger charge is 2.12. The molecule has 2 atom stereocenters. The van der Waals surface area contributed by atoms with Gasteiger partial charge in [0.25, 0.3) is 0 Å². The summed E-state index contributed by atoms with van der Waals surface area (Å²) in [5.74, 6) is 0. The Morgan fingerprint density at radius 1 is 1.53 bits per heavy atom. The number of likely N-dealkylation sites (N-methyl/N-ethyl adjacent to an activating group) is 1. The van der Waals surface area contributed by atoms with Gasteiger partial charge >= 0.3 is 0 Å². The maximum atomic E-state index is 10.8. The number of nitrogens with two attached hydrogens (primary N) is 1. The smallest absolute Gasteiger partial charge is 0.187 e. The fraction of sp³-hybridized carbons (Fsp3) is 0.400. The van der Waals surface area contributed by atoms with Gasteiger partial charge in [-0.2, -0.15) is 5.23 Å². The minimum absolute atomic E-state index is 0. The quantitative estimate of drug-likeness (QED) is 0.372. The van der Waals surface area contributed by atoms with E-state index >= 15 is 0 Å². The first kappa shape index (κ1) is 16.1. The first-order valence-electron chi connectivity index (χ1n) is 5.07. The van der Waals surface area contributed by atoms with E-state index < -0.39 is 11.3 Å². The third kappa shape index (κ3) is 4.47. The number of quaternary nitrogens is 1. The zero-order valence-electron chi connectivity index (χ0n) is 9.51. The zero-order valence-corrected chi connectivity index (χ0v) is 10.3. The molecule has 1 aromatic carbocycles. The fourth-order valence-corrected chi connectivity index (χ4v) is 1.37. The maximum absolute atomic E-state index is 10.8. The van der Waals surface area contributed by atoms with Crippen LogP contribution < -0.4 is 16.3 Å². The Hall–Kier alpha value is -0.890. The lowest BCUT2D eigenvalue weighted by molar-refractivity contribution is -0.990. The molecule has 0 aliphatic heterocycles. The van der Waals surface area contributed by atoms with Crippen molar-refractivity contribution in [3.8, 4) is 0 Å². The van der Waals surface area contributed by atoms with Crippen LogP contribution in [-0.4, -0.2) is 23.4 Å². The van der Waals surface area contributed by atoms with Crippen LogP contribution in [0.25, 0.3) is 0 Å². The van der Waals surface area contributed by atoms with Gasteiger partial charge in [-0.15, -0.1) is 12.4 Å². The van der Waals surface area contributed by atoms with E-state index in [0.29, 0.717) is 12.1 Å². The first-order valence-corrected chi connectivity index (χ1v) is 5.07. The van der Waals surface area contributed by atoms with E-state index in [1.165, 1.54) is 12.1 Å². The number of nitrogens with one attached hydrogen (secondary N) is 2. The molecule has 0 amide bonds. The van der Waals surface area contributed by atoms with Gasteiger partial charge in [-0.25, -0.2) is 5.21 Å². The number of aliphatic hydroxyl groups excluding tert-OH is 1. The number of aliphatic hydroxyl groups is 1. The molecule has 98 valence electrons. The number of benzene rings is 1. The molecule has 0 aliphatic carbocycles. The van der Waals surface area contributed by atoms with Crippen LogP contribution in [0.3, 0.4) is 0 Å². The lowest BCUT2D eigenvalue weighted by Gasteiger charge is -2.17. The van der Waals surface area contributed by atoms with E-state index in [1.807, 2.05) is 6.92 Å². The van der Waals surface area contributed by atoms with Gasteiger partial charge in [0.1, 0.15) is 0 Å². The molecule has 0 aliphatic rings. The first-order chi connectivity index (χ1) is 7.56. The van der Waals surface area contributed by atoms with Crippen LogP contribution in [0.2, 0.25) is 0 Å². The van der Waals surface area contributed by atoms with Crippen molar-refractivity contribution in [2.24, 2.45) is 0 Å². The summed E-state index contributed by atoms with van der Waals surface area (Å²) in [4.78, 5) is 0. The minimum Gasteiger partial charge on any atom is -0.595 e. The van der Waals surface area contributed by atoms with Crippen LogP contribution in [0.4, 0.5) is 11.4 Å². The predicted molar refractivity (Wildman–Crippen MR) is 67.4 cm³/mol.